The topological polar surface area (TPSA) is 85.8 Å². The van der Waals surface area contributed by atoms with Crippen LogP contribution in [0.5, 0.6) is 0 Å². The van der Waals surface area contributed by atoms with Crippen LogP contribution in [0.2, 0.25) is 0 Å². The lowest BCUT2D eigenvalue weighted by molar-refractivity contribution is -0.109. The summed E-state index contributed by atoms with van der Waals surface area (Å²) in [4.78, 5) is 19.5. The van der Waals surface area contributed by atoms with E-state index in [4.69, 9.17) is 4.99 Å². The van der Waals surface area contributed by atoms with Gasteiger partial charge in [-0.15, -0.1) is 0 Å². The molecule has 0 saturated carbocycles. The standard InChI is InChI=1S/C50H46N4O2/c1-5-7-9-11-13-15-17-19-21-33-49(3)51-39-27-23-25-35-29-31-37(45(53-49)41(35)39)43-47(55)44(48(43)56)38-32-30-36-26-24-28-40-42(36)46(38)54-50(4,52-40)34-22-20-18-16-14-12-10-8-6-2/h23-33,51-52,54-55H,1,6,8,10,12,14,16,18,20,22,34H2,2-4H3/b43-37-. The third kappa shape index (κ3) is 7.68. The maximum absolute atomic E-state index is 14.4. The van der Waals surface area contributed by atoms with Gasteiger partial charge in [-0.1, -0.05) is 118 Å². The van der Waals surface area contributed by atoms with Crippen molar-refractivity contribution in [2.45, 2.75) is 96.3 Å². The summed E-state index contributed by atoms with van der Waals surface area (Å²) in [6.07, 6.45) is 14.1. The fourth-order valence-corrected chi connectivity index (χ4v) is 8.04. The first-order valence-corrected chi connectivity index (χ1v) is 19.7. The van der Waals surface area contributed by atoms with Gasteiger partial charge in [0.25, 0.3) is 0 Å². The summed E-state index contributed by atoms with van der Waals surface area (Å²) in [5.41, 5.74) is 26.6. The van der Waals surface area contributed by atoms with Crippen LogP contribution in [-0.4, -0.2) is 22.2 Å². The first kappa shape index (κ1) is 37.7. The van der Waals surface area contributed by atoms with E-state index in [1.807, 2.05) is 49.4 Å². The van der Waals surface area contributed by atoms with Crippen molar-refractivity contribution in [3.05, 3.63) is 147 Å². The highest BCUT2D eigenvalue weighted by atomic mass is 16.3. The Balaban J connectivity index is 1.26. The quantitative estimate of drug-likeness (QED) is 0.0860. The highest BCUT2D eigenvalue weighted by molar-refractivity contribution is 6.52. The maximum Gasteiger partial charge on any atom is 0.201 e. The fourth-order valence-electron chi connectivity index (χ4n) is 8.04. The summed E-state index contributed by atoms with van der Waals surface area (Å²) in [6, 6.07) is 20.1. The number of carbonyl (C=O) groups excluding carboxylic acids is 1. The Bertz CT molecular complexity index is 2810. The second kappa shape index (κ2) is 16.4. The Labute approximate surface area is 328 Å². The molecule has 3 aliphatic rings. The summed E-state index contributed by atoms with van der Waals surface area (Å²) in [5, 5.41) is 28.1. The molecule has 1 aliphatic carbocycles. The Morgan fingerprint density at radius 3 is 2.04 bits per heavy atom. The largest absolute Gasteiger partial charge is 0.506 e. The average Bonchev–Trinajstić information content (AvgIpc) is 3.18. The van der Waals surface area contributed by atoms with Gasteiger partial charge in [0, 0.05) is 39.0 Å². The Morgan fingerprint density at radius 2 is 1.34 bits per heavy atom. The van der Waals surface area contributed by atoms with Crippen LogP contribution in [0, 0.1) is 0 Å². The Kier molecular flexibility index (Phi) is 11.1. The molecule has 0 bridgehead atoms. The predicted molar refractivity (Wildman–Crippen MR) is 228 cm³/mol. The molecule has 2 unspecified atom stereocenters. The number of carbonyl (C=O) groups is 1. The van der Waals surface area contributed by atoms with Crippen LogP contribution in [0.25, 0.3) is 32.7 Å². The zero-order valence-corrected chi connectivity index (χ0v) is 32.4. The van der Waals surface area contributed by atoms with Crippen molar-refractivity contribution in [3.8, 4) is 0 Å². The molecule has 7 rings (SSSR count). The van der Waals surface area contributed by atoms with Crippen LogP contribution in [0.1, 0.15) is 90.5 Å². The highest BCUT2D eigenvalue weighted by Crippen LogP contribution is 2.47. The number of anilines is 3. The molecule has 2 atom stereocenters. The lowest BCUT2D eigenvalue weighted by Crippen LogP contribution is -2.46. The van der Waals surface area contributed by atoms with Crippen molar-refractivity contribution in [1.82, 2.24) is 0 Å². The number of benzene rings is 4. The van der Waals surface area contributed by atoms with Gasteiger partial charge < -0.3 is 21.1 Å². The Morgan fingerprint density at radius 1 is 0.714 bits per heavy atom. The third-order valence-corrected chi connectivity index (χ3v) is 10.7. The lowest BCUT2D eigenvalue weighted by Gasteiger charge is -2.40. The fraction of sp³-hybridized carbons (Fsp3) is 0.300. The molecular weight excluding hydrogens is 689 g/mol. The molecule has 4 aromatic rings. The maximum atomic E-state index is 14.4. The molecule has 0 spiro atoms. The number of rotatable bonds is 12. The first-order chi connectivity index (χ1) is 27.3. The lowest BCUT2D eigenvalue weighted by atomic mass is 9.79. The summed E-state index contributed by atoms with van der Waals surface area (Å²) < 4.78 is 0. The van der Waals surface area contributed by atoms with E-state index in [2.05, 4.69) is 106 Å². The summed E-state index contributed by atoms with van der Waals surface area (Å²) in [6.45, 7) is 9.76. The van der Waals surface area contributed by atoms with Crippen LogP contribution in [0.4, 0.5) is 17.1 Å². The van der Waals surface area contributed by atoms with Crippen LogP contribution >= 0.6 is 0 Å². The minimum Gasteiger partial charge on any atom is -0.506 e. The zero-order chi connectivity index (χ0) is 39.1. The number of aliphatic hydroxyl groups excluding tert-OH is 1. The number of hydrogen-bond donors (Lipinski definition) is 4. The molecule has 278 valence electrons. The smallest absolute Gasteiger partial charge is 0.201 e. The highest BCUT2D eigenvalue weighted by Gasteiger charge is 2.40. The summed E-state index contributed by atoms with van der Waals surface area (Å²) >= 11 is 0. The number of hydrogen-bond acceptors (Lipinski definition) is 6. The number of nitrogens with zero attached hydrogens (tertiary/aromatic N) is 1. The first-order valence-electron chi connectivity index (χ1n) is 19.7. The second-order valence-electron chi connectivity index (χ2n) is 15.1. The van der Waals surface area contributed by atoms with E-state index in [-0.39, 0.29) is 17.1 Å². The van der Waals surface area contributed by atoms with Crippen LogP contribution in [0.15, 0.2) is 136 Å². The average molecular weight is 735 g/mol. The number of aliphatic hydroxyl groups is 1. The van der Waals surface area contributed by atoms with Crippen molar-refractivity contribution in [2.24, 2.45) is 4.99 Å². The van der Waals surface area contributed by atoms with Crippen molar-refractivity contribution in [3.63, 3.8) is 0 Å². The molecule has 0 radical (unpaired) electrons. The molecule has 0 saturated heterocycles. The SMILES string of the molecule is C=C=C=C=C=C=C=C=C=C=CC1(C)N=c2/c(=C3\C(=O)C(c4ccc5cccc6c5c4NC(C)(CCCCCCCCCCC)N6)=C3O)ccc3cccc(c23)N1. The van der Waals surface area contributed by atoms with Crippen molar-refractivity contribution >= 4 is 55.5 Å². The summed E-state index contributed by atoms with van der Waals surface area (Å²) in [5.74, 6) is -0.237. The van der Waals surface area contributed by atoms with E-state index in [0.717, 1.165) is 51.4 Å². The minimum atomic E-state index is -0.937. The van der Waals surface area contributed by atoms with Gasteiger partial charge in [-0.3, -0.25) is 9.79 Å². The molecule has 4 N–H and O–H groups in total. The molecule has 0 amide bonds. The van der Waals surface area contributed by atoms with Crippen molar-refractivity contribution < 1.29 is 9.90 Å². The molecule has 0 fully saturated rings. The van der Waals surface area contributed by atoms with Crippen molar-refractivity contribution in [2.75, 3.05) is 16.0 Å². The van der Waals surface area contributed by atoms with E-state index in [1.165, 1.54) is 51.4 Å². The van der Waals surface area contributed by atoms with Gasteiger partial charge in [-0.2, -0.15) is 0 Å². The molecule has 4 aromatic carbocycles. The van der Waals surface area contributed by atoms with Crippen LogP contribution in [0.3, 0.4) is 0 Å². The van der Waals surface area contributed by atoms with Gasteiger partial charge in [0.2, 0.25) is 5.78 Å². The van der Waals surface area contributed by atoms with Gasteiger partial charge in [0.05, 0.1) is 22.2 Å². The normalized spacial score (nSPS) is 19.4. The number of allylic oxidation sites excluding steroid dienone is 2. The number of ketones is 1. The molecule has 2 heterocycles. The van der Waals surface area contributed by atoms with Crippen LogP contribution < -0.4 is 26.5 Å². The molecule has 0 aromatic heterocycles. The minimum absolute atomic E-state index is 0.0246. The van der Waals surface area contributed by atoms with E-state index in [9.17, 15) is 9.90 Å². The second-order valence-corrected chi connectivity index (χ2v) is 15.1. The van der Waals surface area contributed by atoms with E-state index in [1.54, 1.807) is 6.08 Å². The van der Waals surface area contributed by atoms with Gasteiger partial charge in [0.15, 0.2) is 5.66 Å². The molecule has 6 nitrogen and oxygen atoms in total. The predicted octanol–water partition coefficient (Wildman–Crippen LogP) is 10.5. The third-order valence-electron chi connectivity index (χ3n) is 10.7. The Hall–Kier alpha value is -6.56. The number of nitrogens with one attached hydrogen (secondary N) is 3. The molecular formula is C50H46N4O2. The molecule has 56 heavy (non-hydrogen) atoms. The molecule has 6 heteroatoms. The van der Waals surface area contributed by atoms with Gasteiger partial charge in [-0.05, 0) is 96.3 Å². The molecule has 2 aliphatic heterocycles. The number of Topliss-reactive ketones (excluding diaryl/α,β-unsaturated/α-hetero) is 1. The van der Waals surface area contributed by atoms with Crippen LogP contribution in [-0.2, 0) is 4.79 Å². The zero-order valence-electron chi connectivity index (χ0n) is 32.4. The van der Waals surface area contributed by atoms with Gasteiger partial charge in [0.1, 0.15) is 11.4 Å². The van der Waals surface area contributed by atoms with E-state index >= 15 is 0 Å². The monoisotopic (exact) mass is 734 g/mol. The van der Waals surface area contributed by atoms with Crippen molar-refractivity contribution in [1.29, 1.82) is 0 Å². The number of unbranched alkanes of at least 4 members (excludes halogenated alkanes) is 8. The van der Waals surface area contributed by atoms with E-state index < -0.39 is 11.3 Å². The summed E-state index contributed by atoms with van der Waals surface area (Å²) in [7, 11) is 0. The van der Waals surface area contributed by atoms with E-state index in [0.29, 0.717) is 21.7 Å². The van der Waals surface area contributed by atoms with Gasteiger partial charge in [-0.25, -0.2) is 0 Å². The van der Waals surface area contributed by atoms with Gasteiger partial charge >= 0.3 is 0 Å².